The summed E-state index contributed by atoms with van der Waals surface area (Å²) in [5, 5.41) is 2.76. The van der Waals surface area contributed by atoms with Crippen molar-refractivity contribution in [2.24, 2.45) is 0 Å². The number of amides is 1. The Morgan fingerprint density at radius 2 is 2.09 bits per heavy atom. The first-order valence-corrected chi connectivity index (χ1v) is 8.03. The van der Waals surface area contributed by atoms with Crippen molar-refractivity contribution in [3.05, 3.63) is 47.0 Å². The van der Waals surface area contributed by atoms with E-state index >= 15 is 0 Å². The molecule has 0 bridgehead atoms. The molecule has 2 aromatic rings. The molecule has 0 atom stereocenters. The van der Waals surface area contributed by atoms with Crippen molar-refractivity contribution in [1.82, 2.24) is 4.98 Å². The summed E-state index contributed by atoms with van der Waals surface area (Å²) in [4.78, 5) is 18.4. The lowest BCUT2D eigenvalue weighted by Crippen LogP contribution is -2.36. The fourth-order valence-electron chi connectivity index (χ4n) is 2.20. The minimum Gasteiger partial charge on any atom is -0.450 e. The summed E-state index contributed by atoms with van der Waals surface area (Å²) in [5.41, 5.74) is 0.650. The molecule has 120 valence electrons. The third-order valence-electron chi connectivity index (χ3n) is 3.34. The Morgan fingerprint density at radius 1 is 1.26 bits per heavy atom. The van der Waals surface area contributed by atoms with Gasteiger partial charge in [-0.15, -0.1) is 0 Å². The zero-order chi connectivity index (χ0) is 16.1. The van der Waals surface area contributed by atoms with Crippen LogP contribution < -0.4 is 10.2 Å². The van der Waals surface area contributed by atoms with Crippen molar-refractivity contribution in [3.8, 4) is 0 Å². The summed E-state index contributed by atoms with van der Waals surface area (Å²) >= 11 is 3.21. The lowest BCUT2D eigenvalue weighted by atomic mass is 10.3. The van der Waals surface area contributed by atoms with Gasteiger partial charge in [-0.3, -0.25) is 4.79 Å². The van der Waals surface area contributed by atoms with Gasteiger partial charge in [0.1, 0.15) is 11.6 Å². The molecule has 0 radical (unpaired) electrons. The molecule has 23 heavy (non-hydrogen) atoms. The van der Waals surface area contributed by atoms with Gasteiger partial charge in [-0.25, -0.2) is 4.98 Å². The molecule has 0 unspecified atom stereocenters. The van der Waals surface area contributed by atoms with E-state index in [2.05, 4.69) is 31.1 Å². The van der Waals surface area contributed by atoms with Crippen molar-refractivity contribution in [2.75, 3.05) is 36.5 Å². The number of nitrogens with one attached hydrogen (secondary N) is 1. The first-order valence-electron chi connectivity index (χ1n) is 7.24. The van der Waals surface area contributed by atoms with Crippen molar-refractivity contribution >= 4 is 39.4 Å². The zero-order valence-electron chi connectivity index (χ0n) is 12.4. The summed E-state index contributed by atoms with van der Waals surface area (Å²) in [7, 11) is 0. The second kappa shape index (κ2) is 7.43. The SMILES string of the molecule is O=C(/C=C/c1ccc(Br)o1)Nc1ccc(N2CCOCC2)nc1. The number of aromatic nitrogens is 1. The lowest BCUT2D eigenvalue weighted by molar-refractivity contribution is -0.111. The Hall–Kier alpha value is -2.12. The fraction of sp³-hybridized carbons (Fsp3) is 0.250. The molecule has 0 aromatic carbocycles. The molecule has 1 aliphatic rings. The summed E-state index contributed by atoms with van der Waals surface area (Å²) in [6.45, 7) is 3.10. The molecular formula is C16H16BrN3O3. The van der Waals surface area contributed by atoms with E-state index in [4.69, 9.17) is 9.15 Å². The Balaban J connectivity index is 1.57. The van der Waals surface area contributed by atoms with Gasteiger partial charge in [-0.1, -0.05) is 0 Å². The standard InChI is InChI=1S/C16H16BrN3O3/c17-14-4-2-13(23-14)3-6-16(21)19-12-1-5-15(18-11-12)20-7-9-22-10-8-20/h1-6,11H,7-10H2,(H,19,21)/b6-3+. The first-order chi connectivity index (χ1) is 11.2. The van der Waals surface area contributed by atoms with Crippen molar-refractivity contribution < 1.29 is 13.9 Å². The molecule has 7 heteroatoms. The Labute approximate surface area is 142 Å². The van der Waals surface area contributed by atoms with E-state index in [1.165, 1.54) is 6.08 Å². The third kappa shape index (κ3) is 4.43. The number of carbonyl (C=O) groups excluding carboxylic acids is 1. The number of pyridine rings is 1. The Morgan fingerprint density at radius 3 is 2.74 bits per heavy atom. The van der Waals surface area contributed by atoms with Gasteiger partial charge >= 0.3 is 0 Å². The normalized spacial score (nSPS) is 15.1. The van der Waals surface area contributed by atoms with Crippen LogP contribution in [0.5, 0.6) is 0 Å². The van der Waals surface area contributed by atoms with Crippen LogP contribution in [0.3, 0.4) is 0 Å². The van der Waals surface area contributed by atoms with E-state index in [0.29, 0.717) is 29.3 Å². The highest BCUT2D eigenvalue weighted by atomic mass is 79.9. The van der Waals surface area contributed by atoms with Gasteiger partial charge in [0.15, 0.2) is 4.67 Å². The van der Waals surface area contributed by atoms with Crippen LogP contribution in [0.15, 0.2) is 45.6 Å². The van der Waals surface area contributed by atoms with Crippen molar-refractivity contribution in [3.63, 3.8) is 0 Å². The number of carbonyl (C=O) groups is 1. The monoisotopic (exact) mass is 377 g/mol. The fourth-order valence-corrected chi connectivity index (χ4v) is 2.52. The number of halogens is 1. The maximum atomic E-state index is 11.9. The smallest absolute Gasteiger partial charge is 0.248 e. The van der Waals surface area contributed by atoms with Gasteiger partial charge in [0.05, 0.1) is 25.1 Å². The van der Waals surface area contributed by atoms with Crippen LogP contribution in [0, 0.1) is 0 Å². The minimum atomic E-state index is -0.238. The molecule has 3 rings (SSSR count). The maximum Gasteiger partial charge on any atom is 0.248 e. The predicted molar refractivity (Wildman–Crippen MR) is 91.3 cm³/mol. The van der Waals surface area contributed by atoms with E-state index < -0.39 is 0 Å². The molecular weight excluding hydrogens is 362 g/mol. The van der Waals surface area contributed by atoms with E-state index in [0.717, 1.165) is 18.9 Å². The molecule has 2 aromatic heterocycles. The molecule has 1 fully saturated rings. The summed E-state index contributed by atoms with van der Waals surface area (Å²) in [6.07, 6.45) is 4.68. The van der Waals surface area contributed by atoms with Gasteiger partial charge in [0.2, 0.25) is 5.91 Å². The van der Waals surface area contributed by atoms with Gasteiger partial charge in [0.25, 0.3) is 0 Å². The average molecular weight is 378 g/mol. The largest absolute Gasteiger partial charge is 0.450 e. The molecule has 0 spiro atoms. The molecule has 1 aliphatic heterocycles. The number of ether oxygens (including phenoxy) is 1. The second-order valence-electron chi connectivity index (χ2n) is 4.97. The molecule has 0 saturated carbocycles. The molecule has 6 nitrogen and oxygen atoms in total. The number of hydrogen-bond acceptors (Lipinski definition) is 5. The Bertz CT molecular complexity index is 691. The average Bonchev–Trinajstić information content (AvgIpc) is 3.00. The highest BCUT2D eigenvalue weighted by molar-refractivity contribution is 9.10. The number of hydrogen-bond donors (Lipinski definition) is 1. The highest BCUT2D eigenvalue weighted by Gasteiger charge is 2.12. The summed E-state index contributed by atoms with van der Waals surface area (Å²) < 4.78 is 11.2. The molecule has 0 aliphatic carbocycles. The quantitative estimate of drug-likeness (QED) is 0.829. The van der Waals surface area contributed by atoms with Crippen LogP contribution in [0.4, 0.5) is 11.5 Å². The number of anilines is 2. The predicted octanol–water partition coefficient (Wildman–Crippen LogP) is 2.93. The van der Waals surface area contributed by atoms with Crippen molar-refractivity contribution in [1.29, 1.82) is 0 Å². The number of rotatable bonds is 4. The topological polar surface area (TPSA) is 67.6 Å². The molecule has 1 N–H and O–H groups in total. The van der Waals surface area contributed by atoms with E-state index in [-0.39, 0.29) is 5.91 Å². The van der Waals surface area contributed by atoms with Crippen LogP contribution in [0.25, 0.3) is 6.08 Å². The first kappa shape index (κ1) is 15.8. The highest BCUT2D eigenvalue weighted by Crippen LogP contribution is 2.16. The second-order valence-corrected chi connectivity index (χ2v) is 5.75. The summed E-state index contributed by atoms with van der Waals surface area (Å²) in [6, 6.07) is 7.28. The number of furan rings is 1. The van der Waals surface area contributed by atoms with Crippen LogP contribution in [0.1, 0.15) is 5.76 Å². The van der Waals surface area contributed by atoms with Crippen LogP contribution >= 0.6 is 15.9 Å². The third-order valence-corrected chi connectivity index (χ3v) is 3.77. The number of nitrogens with zero attached hydrogens (tertiary/aromatic N) is 2. The van der Waals surface area contributed by atoms with E-state index in [1.54, 1.807) is 24.4 Å². The Kier molecular flexibility index (Phi) is 5.09. The van der Waals surface area contributed by atoms with Gasteiger partial charge < -0.3 is 19.4 Å². The molecule has 3 heterocycles. The summed E-state index contributed by atoms with van der Waals surface area (Å²) in [5.74, 6) is 1.26. The molecule has 1 amide bonds. The van der Waals surface area contributed by atoms with Crippen LogP contribution in [-0.2, 0) is 9.53 Å². The number of morpholine rings is 1. The van der Waals surface area contributed by atoms with Crippen LogP contribution in [0.2, 0.25) is 0 Å². The van der Waals surface area contributed by atoms with Crippen LogP contribution in [-0.4, -0.2) is 37.2 Å². The van der Waals surface area contributed by atoms with Gasteiger partial charge in [-0.05, 0) is 46.3 Å². The minimum absolute atomic E-state index is 0.238. The van der Waals surface area contributed by atoms with Gasteiger partial charge in [-0.2, -0.15) is 0 Å². The maximum absolute atomic E-state index is 11.9. The molecule has 1 saturated heterocycles. The van der Waals surface area contributed by atoms with E-state index in [1.807, 2.05) is 12.1 Å². The lowest BCUT2D eigenvalue weighted by Gasteiger charge is -2.27. The van der Waals surface area contributed by atoms with Crippen molar-refractivity contribution in [2.45, 2.75) is 0 Å². The zero-order valence-corrected chi connectivity index (χ0v) is 14.0. The van der Waals surface area contributed by atoms with Gasteiger partial charge in [0, 0.05) is 19.2 Å². The van der Waals surface area contributed by atoms with E-state index in [9.17, 15) is 4.79 Å².